The molecule has 98 valence electrons. The molecule has 0 saturated carbocycles. The first-order chi connectivity index (χ1) is 8.68. The maximum absolute atomic E-state index is 11.9. The van der Waals surface area contributed by atoms with E-state index < -0.39 is 0 Å². The van der Waals surface area contributed by atoms with Crippen LogP contribution in [0.15, 0.2) is 24.3 Å². The van der Waals surface area contributed by atoms with Crippen LogP contribution in [0, 0.1) is 0 Å². The van der Waals surface area contributed by atoms with Crippen LogP contribution in [0.4, 0.5) is 0 Å². The molecule has 1 amide bonds. The van der Waals surface area contributed by atoms with E-state index in [-0.39, 0.29) is 18.6 Å². The summed E-state index contributed by atoms with van der Waals surface area (Å²) < 4.78 is 5.60. The molecule has 1 saturated heterocycles. The van der Waals surface area contributed by atoms with Crippen molar-refractivity contribution in [1.82, 2.24) is 4.90 Å². The van der Waals surface area contributed by atoms with Gasteiger partial charge in [-0.2, -0.15) is 0 Å². The van der Waals surface area contributed by atoms with Crippen molar-refractivity contribution in [3.05, 3.63) is 29.8 Å². The molecule has 1 aliphatic rings. The molecule has 2 rings (SSSR count). The molecule has 0 spiro atoms. The first kappa shape index (κ1) is 12.9. The SMILES string of the molecule is CC(N)c1ccccc1OCC(=O)N1CCCC1. The van der Waals surface area contributed by atoms with Crippen LogP contribution in [0.5, 0.6) is 5.75 Å². The lowest BCUT2D eigenvalue weighted by Crippen LogP contribution is -2.32. The summed E-state index contributed by atoms with van der Waals surface area (Å²) in [5.41, 5.74) is 6.80. The molecule has 1 unspecified atom stereocenters. The molecule has 1 aromatic rings. The monoisotopic (exact) mass is 248 g/mol. The van der Waals surface area contributed by atoms with E-state index in [1.807, 2.05) is 36.1 Å². The van der Waals surface area contributed by atoms with Crippen molar-refractivity contribution in [2.45, 2.75) is 25.8 Å². The molecule has 0 bridgehead atoms. The van der Waals surface area contributed by atoms with E-state index in [0.717, 1.165) is 31.5 Å². The number of para-hydroxylation sites is 1. The molecule has 1 aliphatic heterocycles. The normalized spacial score (nSPS) is 16.7. The lowest BCUT2D eigenvalue weighted by molar-refractivity contribution is -0.132. The van der Waals surface area contributed by atoms with Gasteiger partial charge in [0.15, 0.2) is 6.61 Å². The Morgan fingerprint density at radius 3 is 2.72 bits per heavy atom. The second-order valence-corrected chi connectivity index (χ2v) is 4.70. The number of rotatable bonds is 4. The highest BCUT2D eigenvalue weighted by molar-refractivity contribution is 5.78. The van der Waals surface area contributed by atoms with Gasteiger partial charge in [0, 0.05) is 24.7 Å². The highest BCUT2D eigenvalue weighted by Crippen LogP contribution is 2.23. The standard InChI is InChI=1S/C14H20N2O2/c1-11(15)12-6-2-3-7-13(12)18-10-14(17)16-8-4-5-9-16/h2-3,6-7,11H,4-5,8-10,15H2,1H3. The van der Waals surface area contributed by atoms with Gasteiger partial charge in [-0.15, -0.1) is 0 Å². The van der Waals surface area contributed by atoms with Crippen molar-refractivity contribution < 1.29 is 9.53 Å². The maximum atomic E-state index is 11.9. The summed E-state index contributed by atoms with van der Waals surface area (Å²) in [5, 5.41) is 0. The molecule has 1 fully saturated rings. The number of nitrogens with two attached hydrogens (primary N) is 1. The first-order valence-corrected chi connectivity index (χ1v) is 6.43. The fourth-order valence-corrected chi connectivity index (χ4v) is 2.19. The summed E-state index contributed by atoms with van der Waals surface area (Å²) in [4.78, 5) is 13.7. The van der Waals surface area contributed by atoms with Gasteiger partial charge < -0.3 is 15.4 Å². The summed E-state index contributed by atoms with van der Waals surface area (Å²) in [7, 11) is 0. The third-order valence-corrected chi connectivity index (χ3v) is 3.22. The minimum Gasteiger partial charge on any atom is -0.483 e. The number of hydrogen-bond acceptors (Lipinski definition) is 3. The molecule has 4 heteroatoms. The van der Waals surface area contributed by atoms with Crippen LogP contribution in [0.1, 0.15) is 31.4 Å². The van der Waals surface area contributed by atoms with Gasteiger partial charge in [-0.3, -0.25) is 4.79 Å². The van der Waals surface area contributed by atoms with Gasteiger partial charge in [0.25, 0.3) is 5.91 Å². The predicted octanol–water partition coefficient (Wildman–Crippen LogP) is 1.71. The number of carbonyl (C=O) groups is 1. The van der Waals surface area contributed by atoms with Crippen LogP contribution in [0.25, 0.3) is 0 Å². The summed E-state index contributed by atoms with van der Waals surface area (Å²) in [6, 6.07) is 7.51. The van der Waals surface area contributed by atoms with Crippen molar-refractivity contribution in [2.75, 3.05) is 19.7 Å². The molecule has 4 nitrogen and oxygen atoms in total. The molecule has 2 N–H and O–H groups in total. The average Bonchev–Trinajstić information content (AvgIpc) is 2.90. The van der Waals surface area contributed by atoms with Crippen LogP contribution >= 0.6 is 0 Å². The Hall–Kier alpha value is -1.55. The second-order valence-electron chi connectivity index (χ2n) is 4.70. The average molecular weight is 248 g/mol. The van der Waals surface area contributed by atoms with Crippen molar-refractivity contribution in [3.8, 4) is 5.75 Å². The molecular weight excluding hydrogens is 228 g/mol. The highest BCUT2D eigenvalue weighted by Gasteiger charge is 2.18. The minimum atomic E-state index is -0.0944. The van der Waals surface area contributed by atoms with Crippen molar-refractivity contribution in [3.63, 3.8) is 0 Å². The number of likely N-dealkylation sites (tertiary alicyclic amines) is 1. The van der Waals surface area contributed by atoms with Gasteiger partial charge in [-0.1, -0.05) is 18.2 Å². The lowest BCUT2D eigenvalue weighted by Gasteiger charge is -2.17. The van der Waals surface area contributed by atoms with E-state index in [4.69, 9.17) is 10.5 Å². The number of ether oxygens (including phenoxy) is 1. The van der Waals surface area contributed by atoms with Crippen LogP contribution < -0.4 is 10.5 Å². The zero-order valence-electron chi connectivity index (χ0n) is 10.8. The molecule has 0 aromatic heterocycles. The van der Waals surface area contributed by atoms with E-state index >= 15 is 0 Å². The first-order valence-electron chi connectivity index (χ1n) is 6.43. The fourth-order valence-electron chi connectivity index (χ4n) is 2.19. The zero-order valence-corrected chi connectivity index (χ0v) is 10.8. The van der Waals surface area contributed by atoms with Crippen LogP contribution in [0.3, 0.4) is 0 Å². The Bertz CT molecular complexity index is 412. The molecular formula is C14H20N2O2. The van der Waals surface area contributed by atoms with Crippen LogP contribution in [0.2, 0.25) is 0 Å². The summed E-state index contributed by atoms with van der Waals surface area (Å²) >= 11 is 0. The van der Waals surface area contributed by atoms with Gasteiger partial charge in [0.1, 0.15) is 5.75 Å². The van der Waals surface area contributed by atoms with E-state index in [0.29, 0.717) is 5.75 Å². The van der Waals surface area contributed by atoms with E-state index in [1.54, 1.807) is 0 Å². The number of amides is 1. The Balaban J connectivity index is 1.95. The van der Waals surface area contributed by atoms with Crippen LogP contribution in [-0.2, 0) is 4.79 Å². The molecule has 1 atom stereocenters. The molecule has 1 heterocycles. The highest BCUT2D eigenvalue weighted by atomic mass is 16.5. The smallest absolute Gasteiger partial charge is 0.260 e. The molecule has 18 heavy (non-hydrogen) atoms. The summed E-state index contributed by atoms with van der Waals surface area (Å²) in [5.74, 6) is 0.770. The van der Waals surface area contributed by atoms with E-state index in [2.05, 4.69) is 0 Å². The Labute approximate surface area is 108 Å². The third kappa shape index (κ3) is 3.01. The van der Waals surface area contributed by atoms with Gasteiger partial charge in [-0.05, 0) is 25.8 Å². The molecule has 1 aromatic carbocycles. The van der Waals surface area contributed by atoms with Gasteiger partial charge >= 0.3 is 0 Å². The van der Waals surface area contributed by atoms with Gasteiger partial charge in [-0.25, -0.2) is 0 Å². The number of carbonyl (C=O) groups excluding carboxylic acids is 1. The quantitative estimate of drug-likeness (QED) is 0.882. The molecule has 0 aliphatic carbocycles. The number of benzene rings is 1. The van der Waals surface area contributed by atoms with Gasteiger partial charge in [0.2, 0.25) is 0 Å². The largest absolute Gasteiger partial charge is 0.483 e. The predicted molar refractivity (Wildman–Crippen MR) is 70.4 cm³/mol. The fraction of sp³-hybridized carbons (Fsp3) is 0.500. The minimum absolute atomic E-state index is 0.0620. The Kier molecular flexibility index (Phi) is 4.20. The number of nitrogens with zero attached hydrogens (tertiary/aromatic N) is 1. The topological polar surface area (TPSA) is 55.6 Å². The number of hydrogen-bond donors (Lipinski definition) is 1. The Morgan fingerprint density at radius 1 is 1.39 bits per heavy atom. The van der Waals surface area contributed by atoms with Crippen molar-refractivity contribution >= 4 is 5.91 Å². The summed E-state index contributed by atoms with van der Waals surface area (Å²) in [6.45, 7) is 3.72. The van der Waals surface area contributed by atoms with E-state index in [1.165, 1.54) is 0 Å². The van der Waals surface area contributed by atoms with Crippen molar-refractivity contribution in [2.24, 2.45) is 5.73 Å². The molecule has 0 radical (unpaired) electrons. The summed E-state index contributed by atoms with van der Waals surface area (Å²) in [6.07, 6.45) is 2.20. The van der Waals surface area contributed by atoms with Crippen LogP contribution in [-0.4, -0.2) is 30.5 Å². The Morgan fingerprint density at radius 2 is 2.06 bits per heavy atom. The second kappa shape index (κ2) is 5.87. The lowest BCUT2D eigenvalue weighted by atomic mass is 10.1. The van der Waals surface area contributed by atoms with Crippen molar-refractivity contribution in [1.29, 1.82) is 0 Å². The van der Waals surface area contributed by atoms with E-state index in [9.17, 15) is 4.79 Å². The van der Waals surface area contributed by atoms with Gasteiger partial charge in [0.05, 0.1) is 0 Å². The third-order valence-electron chi connectivity index (χ3n) is 3.22. The maximum Gasteiger partial charge on any atom is 0.260 e. The zero-order chi connectivity index (χ0) is 13.0.